The number of pyridine rings is 3. The number of hydrogen-bond acceptors (Lipinski definition) is 6. The molecule has 0 amide bonds. The monoisotopic (exact) mass is 624 g/mol. The number of aromatic amines is 1. The summed E-state index contributed by atoms with van der Waals surface area (Å²) in [7, 11) is -2.92. The van der Waals surface area contributed by atoms with Gasteiger partial charge in [0.1, 0.15) is 5.69 Å². The molecule has 0 fully saturated rings. The Labute approximate surface area is 258 Å². The van der Waals surface area contributed by atoms with Crippen LogP contribution in [0.25, 0.3) is 33.4 Å². The maximum atomic E-state index is 11.6. The molecule has 44 heavy (non-hydrogen) atoms. The van der Waals surface area contributed by atoms with Crippen LogP contribution < -0.4 is 0 Å². The van der Waals surface area contributed by atoms with Crippen LogP contribution in [0.15, 0.2) is 105 Å². The van der Waals surface area contributed by atoms with E-state index >= 15 is 0 Å². The van der Waals surface area contributed by atoms with E-state index in [0.717, 1.165) is 39.7 Å². The molecule has 2 unspecified atom stereocenters. The molecule has 0 spiro atoms. The number of aryl methyl sites for hydroxylation is 2. The zero-order chi connectivity index (χ0) is 31.6. The second-order valence-corrected chi connectivity index (χ2v) is 12.7. The molecule has 6 rings (SSSR count). The van der Waals surface area contributed by atoms with Crippen LogP contribution in [0.2, 0.25) is 0 Å². The molecule has 6 aromatic rings. The number of nitrogens with one attached hydrogen (secondary N) is 1. The lowest BCUT2D eigenvalue weighted by atomic mass is 10.1. The third-order valence-corrected chi connectivity index (χ3v) is 8.78. The summed E-state index contributed by atoms with van der Waals surface area (Å²) in [5.74, 6) is 0. The van der Waals surface area contributed by atoms with Crippen molar-refractivity contribution in [3.63, 3.8) is 0 Å². The van der Waals surface area contributed by atoms with Gasteiger partial charge in [0, 0.05) is 66.3 Å². The summed E-state index contributed by atoms with van der Waals surface area (Å²) in [5.41, 5.74) is 10.3. The van der Waals surface area contributed by atoms with Crippen LogP contribution in [0.4, 0.5) is 0 Å². The van der Waals surface area contributed by atoms with E-state index in [-0.39, 0.29) is 0 Å². The predicted octanol–water partition coefficient (Wildman–Crippen LogP) is 8.36. The van der Waals surface area contributed by atoms with Gasteiger partial charge in [-0.25, -0.2) is 0 Å². The Hall–Kier alpha value is -4.84. The Morgan fingerprint density at radius 2 is 1.14 bits per heavy atom. The first-order valence-corrected chi connectivity index (χ1v) is 17.1. The molecule has 0 aliphatic heterocycles. The van der Waals surface area contributed by atoms with Gasteiger partial charge in [0.2, 0.25) is 0 Å². The van der Waals surface area contributed by atoms with Crippen LogP contribution >= 0.6 is 15.9 Å². The molecule has 0 aliphatic carbocycles. The Bertz CT molecular complexity index is 1860. The predicted molar refractivity (Wildman–Crippen MR) is 177 cm³/mol. The van der Waals surface area contributed by atoms with E-state index in [4.69, 9.17) is 0 Å². The fourth-order valence-electron chi connectivity index (χ4n) is 4.62. The molecule has 0 radical (unpaired) electrons. The van der Waals surface area contributed by atoms with E-state index < -0.39 is 15.9 Å². The van der Waals surface area contributed by atoms with Gasteiger partial charge in [-0.1, -0.05) is 0 Å². The van der Waals surface area contributed by atoms with E-state index in [1.165, 1.54) is 21.0 Å². The molecule has 0 saturated heterocycles. The van der Waals surface area contributed by atoms with Crippen molar-refractivity contribution in [2.75, 3.05) is 13.3 Å². The molecule has 11 heteroatoms. The van der Waals surface area contributed by atoms with Gasteiger partial charge in [-0.2, -0.15) is 0 Å². The van der Waals surface area contributed by atoms with Crippen LogP contribution in [0.1, 0.15) is 27.2 Å². The summed E-state index contributed by atoms with van der Waals surface area (Å²) in [6.45, 7) is 9.25. The Kier molecular flexibility index (Phi) is 11.0. The van der Waals surface area contributed by atoms with Crippen LogP contribution in [-0.2, 0) is 9.13 Å². The highest BCUT2D eigenvalue weighted by molar-refractivity contribution is 7.42. The number of carbonyl (C=O) groups is 1. The van der Waals surface area contributed by atoms with Gasteiger partial charge < -0.3 is 4.98 Å². The summed E-state index contributed by atoms with van der Waals surface area (Å²) in [5, 5.41) is 0. The quantitative estimate of drug-likeness (QED) is 0.147. The van der Waals surface area contributed by atoms with E-state index in [2.05, 4.69) is 26.9 Å². The average molecular weight is 625 g/mol. The summed E-state index contributed by atoms with van der Waals surface area (Å²) >= 11 is 0. The molecule has 222 valence electrons. The van der Waals surface area contributed by atoms with Gasteiger partial charge in [0.25, 0.3) is 0 Å². The first-order valence-electron chi connectivity index (χ1n) is 13.7. The van der Waals surface area contributed by atoms with E-state index in [0.29, 0.717) is 5.69 Å². The number of nitrogens with zero attached hydrogens (tertiary/aromatic N) is 5. The van der Waals surface area contributed by atoms with Gasteiger partial charge in [-0.15, -0.1) is 8.68 Å². The molecule has 6 aromatic heterocycles. The minimum atomic E-state index is -1.59. The summed E-state index contributed by atoms with van der Waals surface area (Å²) < 4.78 is 26.2. The van der Waals surface area contributed by atoms with Crippen molar-refractivity contribution >= 4 is 22.2 Å². The Morgan fingerprint density at radius 3 is 1.52 bits per heavy atom. The van der Waals surface area contributed by atoms with E-state index in [1.807, 2.05) is 87.4 Å². The highest BCUT2D eigenvalue weighted by Crippen LogP contribution is 2.32. The fourth-order valence-corrected chi connectivity index (χ4v) is 6.01. The van der Waals surface area contributed by atoms with Crippen LogP contribution in [-0.4, -0.2) is 48.2 Å². The van der Waals surface area contributed by atoms with Crippen molar-refractivity contribution in [3.05, 3.63) is 127 Å². The number of aldehydes is 1. The van der Waals surface area contributed by atoms with Gasteiger partial charge in [0.05, 0.1) is 18.6 Å². The molecule has 0 saturated carbocycles. The molecule has 0 aliphatic rings. The SMILES string of the molecule is Cc1c(-c2ccncc2)cn([P+](C)=O)c1C=O.Cc1c[nH]cc1-c1ccncc1.Cc1cn([P+](C)=O)cc1-c1ccncc1. The molecule has 6 heterocycles. The van der Waals surface area contributed by atoms with Crippen molar-refractivity contribution in [2.24, 2.45) is 0 Å². The molecule has 1 N–H and O–H groups in total. The van der Waals surface area contributed by atoms with E-state index in [1.54, 1.807) is 48.7 Å². The number of rotatable bonds is 6. The van der Waals surface area contributed by atoms with Gasteiger partial charge >= 0.3 is 15.9 Å². The smallest absolute Gasteiger partial charge is 0.367 e. The number of H-pyrrole nitrogens is 1. The maximum absolute atomic E-state index is 11.6. The van der Waals surface area contributed by atoms with Crippen molar-refractivity contribution in [3.8, 4) is 33.4 Å². The summed E-state index contributed by atoms with van der Waals surface area (Å²) in [6, 6.07) is 11.7. The normalized spacial score (nSPS) is 11.0. The standard InChI is InChI=1S/C12H12N2O2P.C11H12N2OP.C10H10N2/c1-9-11(10-3-5-13-6-4-10)7-14(17(2)16)12(9)8-15;1-9-7-13(15(2)14)8-11(9)10-3-5-12-6-4-10;1-8-6-12-7-10(8)9-2-4-11-5-3-9/h3-8H,1-2H3;3-8H,1-2H3;2-7,12H,1H3/q2*+1;. The number of carbonyl (C=O) groups excluding carboxylic acids is 1. The van der Waals surface area contributed by atoms with Crippen molar-refractivity contribution in [2.45, 2.75) is 20.8 Å². The summed E-state index contributed by atoms with van der Waals surface area (Å²) in [6.07, 6.45) is 20.9. The molecule has 9 nitrogen and oxygen atoms in total. The molecule has 0 aromatic carbocycles. The lowest BCUT2D eigenvalue weighted by Gasteiger charge is -1.97. The third kappa shape index (κ3) is 7.75. The van der Waals surface area contributed by atoms with Crippen molar-refractivity contribution in [1.82, 2.24) is 28.6 Å². The Balaban J connectivity index is 0.000000153. The second kappa shape index (κ2) is 15.1. The molecular formula is C33H34N6O3P2+2. The molecule has 0 bridgehead atoms. The van der Waals surface area contributed by atoms with Gasteiger partial charge in [-0.05, 0) is 99.7 Å². The number of hydrogen-bond donors (Lipinski definition) is 1. The summed E-state index contributed by atoms with van der Waals surface area (Å²) in [4.78, 5) is 26.0. The first-order chi connectivity index (χ1) is 21.2. The Morgan fingerprint density at radius 1 is 0.636 bits per heavy atom. The zero-order valence-corrected chi connectivity index (χ0v) is 27.0. The van der Waals surface area contributed by atoms with Crippen molar-refractivity contribution in [1.29, 1.82) is 0 Å². The lowest BCUT2D eigenvalue weighted by molar-refractivity contribution is 0.111. The topological polar surface area (TPSA) is 116 Å². The minimum Gasteiger partial charge on any atom is -0.367 e. The van der Waals surface area contributed by atoms with E-state index in [9.17, 15) is 13.9 Å². The first kappa shape index (κ1) is 32.1. The van der Waals surface area contributed by atoms with Crippen LogP contribution in [0.5, 0.6) is 0 Å². The second-order valence-electron chi connectivity index (χ2n) is 9.94. The third-order valence-electron chi connectivity index (χ3n) is 6.97. The van der Waals surface area contributed by atoms with Crippen LogP contribution in [0.3, 0.4) is 0 Å². The molecular weight excluding hydrogens is 590 g/mol. The fraction of sp³-hybridized carbons (Fsp3) is 0.152. The average Bonchev–Trinajstić information content (AvgIpc) is 3.75. The van der Waals surface area contributed by atoms with Gasteiger partial charge in [-0.3, -0.25) is 19.7 Å². The maximum Gasteiger partial charge on any atom is 0.463 e. The van der Waals surface area contributed by atoms with Crippen LogP contribution in [0, 0.1) is 20.8 Å². The van der Waals surface area contributed by atoms with Gasteiger partial charge in [0.15, 0.2) is 19.6 Å². The number of aromatic nitrogens is 6. The highest BCUT2D eigenvalue weighted by Gasteiger charge is 2.21. The zero-order valence-electron chi connectivity index (χ0n) is 25.2. The van der Waals surface area contributed by atoms with Crippen molar-refractivity contribution < 1.29 is 13.9 Å². The largest absolute Gasteiger partial charge is 0.463 e. The lowest BCUT2D eigenvalue weighted by Crippen LogP contribution is -1.91. The highest BCUT2D eigenvalue weighted by atomic mass is 31.1. The molecule has 2 atom stereocenters. The minimum absolute atomic E-state index is 0.473.